The quantitative estimate of drug-likeness (QED) is 0.416. The van der Waals surface area contributed by atoms with Crippen molar-refractivity contribution in [2.24, 2.45) is 12.0 Å². The van der Waals surface area contributed by atoms with E-state index in [1.54, 1.807) is 22.3 Å². The van der Waals surface area contributed by atoms with Crippen LogP contribution >= 0.6 is 35.3 Å². The van der Waals surface area contributed by atoms with Crippen molar-refractivity contribution in [2.45, 2.75) is 26.3 Å². The van der Waals surface area contributed by atoms with Gasteiger partial charge in [-0.05, 0) is 18.4 Å². The Morgan fingerprint density at radius 3 is 2.86 bits per heavy atom. The lowest BCUT2D eigenvalue weighted by Crippen LogP contribution is -2.39. The smallest absolute Gasteiger partial charge is 0.191 e. The lowest BCUT2D eigenvalue weighted by Gasteiger charge is -2.14. The predicted molar refractivity (Wildman–Crippen MR) is 102 cm³/mol. The molecule has 0 saturated heterocycles. The normalized spacial score (nSPS) is 12.6. The van der Waals surface area contributed by atoms with Crippen LogP contribution in [0.3, 0.4) is 0 Å². The number of halogens is 1. The Hall–Kier alpha value is -1.16. The minimum absolute atomic E-state index is 0. The molecule has 0 saturated carbocycles. The number of aryl methyl sites for hydroxylation is 1. The molecule has 0 aliphatic rings. The molecule has 0 bridgehead atoms. The fourth-order valence-electron chi connectivity index (χ4n) is 1.88. The number of hydrogen-bond donors (Lipinski definition) is 2. The zero-order valence-corrected chi connectivity index (χ0v) is 16.3. The van der Waals surface area contributed by atoms with Gasteiger partial charge in [0, 0.05) is 30.9 Å². The molecule has 22 heavy (non-hydrogen) atoms. The summed E-state index contributed by atoms with van der Waals surface area (Å²) < 4.78 is 1.74. The maximum absolute atomic E-state index is 4.54. The molecule has 0 aliphatic carbocycles. The average Bonchev–Trinajstić information content (AvgIpc) is 3.13. The van der Waals surface area contributed by atoms with Crippen LogP contribution in [0.15, 0.2) is 28.8 Å². The molecular formula is C14H23IN6S. The van der Waals surface area contributed by atoms with Gasteiger partial charge in [-0.25, -0.2) is 9.98 Å². The minimum Gasteiger partial charge on any atom is -0.357 e. The molecule has 1 unspecified atom stereocenters. The van der Waals surface area contributed by atoms with Gasteiger partial charge in [-0.1, -0.05) is 13.0 Å². The third kappa shape index (κ3) is 5.56. The van der Waals surface area contributed by atoms with Crippen molar-refractivity contribution in [3.63, 3.8) is 0 Å². The highest BCUT2D eigenvalue weighted by molar-refractivity contribution is 14.0. The van der Waals surface area contributed by atoms with Crippen molar-refractivity contribution >= 4 is 41.3 Å². The molecule has 2 aromatic heterocycles. The summed E-state index contributed by atoms with van der Waals surface area (Å²) in [5.41, 5.74) is 0. The summed E-state index contributed by atoms with van der Waals surface area (Å²) in [5.74, 6) is 2.12. The van der Waals surface area contributed by atoms with E-state index in [0.29, 0.717) is 12.5 Å². The molecule has 1 atom stereocenters. The highest BCUT2D eigenvalue weighted by Gasteiger charge is 2.07. The fourth-order valence-corrected chi connectivity index (χ4v) is 2.66. The number of nitrogens with zero attached hydrogens (tertiary/aromatic N) is 4. The number of hydrogen-bond acceptors (Lipinski definition) is 4. The highest BCUT2D eigenvalue weighted by atomic mass is 127. The molecule has 0 aromatic carbocycles. The Morgan fingerprint density at radius 1 is 1.45 bits per heavy atom. The van der Waals surface area contributed by atoms with E-state index >= 15 is 0 Å². The second kappa shape index (κ2) is 9.78. The van der Waals surface area contributed by atoms with E-state index < -0.39 is 0 Å². The maximum Gasteiger partial charge on any atom is 0.191 e. The first kappa shape index (κ1) is 18.9. The molecule has 2 N–H and O–H groups in total. The summed E-state index contributed by atoms with van der Waals surface area (Å²) in [4.78, 5) is 10.1. The van der Waals surface area contributed by atoms with Gasteiger partial charge in [0.15, 0.2) is 5.96 Å². The van der Waals surface area contributed by atoms with Gasteiger partial charge in [0.25, 0.3) is 0 Å². The lowest BCUT2D eigenvalue weighted by atomic mass is 10.1. The molecule has 6 nitrogen and oxygen atoms in total. The van der Waals surface area contributed by atoms with E-state index in [-0.39, 0.29) is 24.0 Å². The summed E-state index contributed by atoms with van der Waals surface area (Å²) in [6, 6.07) is 4.25. The average molecular weight is 434 g/mol. The number of aromatic nitrogens is 3. The molecule has 0 aliphatic heterocycles. The summed E-state index contributed by atoms with van der Waals surface area (Å²) in [6.45, 7) is 6.47. The van der Waals surface area contributed by atoms with E-state index in [1.165, 1.54) is 4.88 Å². The van der Waals surface area contributed by atoms with Gasteiger partial charge in [-0.3, -0.25) is 4.68 Å². The topological polar surface area (TPSA) is 67.1 Å². The molecule has 8 heteroatoms. The van der Waals surface area contributed by atoms with Crippen LogP contribution in [0.2, 0.25) is 0 Å². The molecule has 0 spiro atoms. The largest absolute Gasteiger partial charge is 0.357 e. The van der Waals surface area contributed by atoms with Crippen LogP contribution in [0.5, 0.6) is 0 Å². The Kier molecular flexibility index (Phi) is 8.39. The van der Waals surface area contributed by atoms with Crippen molar-refractivity contribution in [1.29, 1.82) is 0 Å². The van der Waals surface area contributed by atoms with Crippen molar-refractivity contribution in [1.82, 2.24) is 25.4 Å². The molecule has 2 heterocycles. The van der Waals surface area contributed by atoms with Crippen LogP contribution < -0.4 is 10.6 Å². The van der Waals surface area contributed by atoms with E-state index in [9.17, 15) is 0 Å². The van der Waals surface area contributed by atoms with Gasteiger partial charge in [-0.2, -0.15) is 5.10 Å². The molecule has 0 fully saturated rings. The number of rotatable bonds is 6. The SMILES string of the molecule is CCNC(=NCc1ncnn1C)NCC(C)c1cccs1.I. The van der Waals surface area contributed by atoms with Crippen molar-refractivity contribution in [3.8, 4) is 0 Å². The summed E-state index contributed by atoms with van der Waals surface area (Å²) in [5, 5.41) is 12.8. The van der Waals surface area contributed by atoms with Crippen LogP contribution in [0.4, 0.5) is 0 Å². The highest BCUT2D eigenvalue weighted by Crippen LogP contribution is 2.19. The van der Waals surface area contributed by atoms with Crippen LogP contribution in [0.25, 0.3) is 0 Å². The van der Waals surface area contributed by atoms with Gasteiger partial charge in [-0.15, -0.1) is 35.3 Å². The van der Waals surface area contributed by atoms with Gasteiger partial charge in [0.05, 0.1) is 0 Å². The summed E-state index contributed by atoms with van der Waals surface area (Å²) >= 11 is 1.79. The van der Waals surface area contributed by atoms with Crippen molar-refractivity contribution in [3.05, 3.63) is 34.5 Å². The van der Waals surface area contributed by atoms with Crippen LogP contribution in [-0.4, -0.2) is 33.8 Å². The molecule has 2 aromatic rings. The standard InChI is InChI=1S/C14H22N6S.HI/c1-4-15-14(17-9-13-18-10-19-20(13)3)16-8-11(2)12-6-5-7-21-12;/h5-7,10-11H,4,8-9H2,1-3H3,(H2,15,16,17);1H. The molecule has 0 radical (unpaired) electrons. The van der Waals surface area contributed by atoms with Crippen LogP contribution in [0.1, 0.15) is 30.5 Å². The van der Waals surface area contributed by atoms with E-state index in [0.717, 1.165) is 24.9 Å². The predicted octanol–water partition coefficient (Wildman–Crippen LogP) is 2.35. The molecule has 122 valence electrons. The van der Waals surface area contributed by atoms with Crippen molar-refractivity contribution in [2.75, 3.05) is 13.1 Å². The van der Waals surface area contributed by atoms with Gasteiger partial charge >= 0.3 is 0 Å². The van der Waals surface area contributed by atoms with E-state index in [1.807, 2.05) is 7.05 Å². The number of aliphatic imine (C=N–C) groups is 1. The Balaban J connectivity index is 0.00000242. The summed E-state index contributed by atoms with van der Waals surface area (Å²) in [6.07, 6.45) is 1.55. The van der Waals surface area contributed by atoms with E-state index in [4.69, 9.17) is 0 Å². The lowest BCUT2D eigenvalue weighted by molar-refractivity contribution is 0.687. The first-order chi connectivity index (χ1) is 10.2. The third-order valence-corrected chi connectivity index (χ3v) is 4.24. The van der Waals surface area contributed by atoms with Gasteiger partial charge in [0.2, 0.25) is 0 Å². The monoisotopic (exact) mass is 434 g/mol. The molecule has 2 rings (SSSR count). The van der Waals surface area contributed by atoms with Crippen LogP contribution in [0, 0.1) is 0 Å². The third-order valence-electron chi connectivity index (χ3n) is 3.13. The van der Waals surface area contributed by atoms with E-state index in [2.05, 4.69) is 57.1 Å². The summed E-state index contributed by atoms with van der Waals surface area (Å²) in [7, 11) is 1.87. The Labute approximate surface area is 152 Å². The zero-order valence-electron chi connectivity index (χ0n) is 13.1. The Bertz CT molecular complexity index is 566. The van der Waals surface area contributed by atoms with Gasteiger partial charge < -0.3 is 10.6 Å². The molecule has 0 amide bonds. The fraction of sp³-hybridized carbons (Fsp3) is 0.500. The number of nitrogens with one attached hydrogen (secondary N) is 2. The van der Waals surface area contributed by atoms with Crippen molar-refractivity contribution < 1.29 is 0 Å². The second-order valence-electron chi connectivity index (χ2n) is 4.79. The molecular weight excluding hydrogens is 411 g/mol. The minimum atomic E-state index is 0. The number of thiophene rings is 1. The second-order valence-corrected chi connectivity index (χ2v) is 5.77. The number of guanidine groups is 1. The maximum atomic E-state index is 4.54. The van der Waals surface area contributed by atoms with Gasteiger partial charge in [0.1, 0.15) is 18.7 Å². The zero-order chi connectivity index (χ0) is 15.1. The Morgan fingerprint density at radius 2 is 2.27 bits per heavy atom. The first-order valence-corrected chi connectivity index (χ1v) is 7.97. The first-order valence-electron chi connectivity index (χ1n) is 7.09. The van der Waals surface area contributed by atoms with Crippen LogP contribution in [-0.2, 0) is 13.6 Å².